The molecule has 17 heavy (non-hydrogen) atoms. The van der Waals surface area contributed by atoms with Crippen LogP contribution in [-0.4, -0.2) is 29.4 Å². The van der Waals surface area contributed by atoms with Crippen molar-refractivity contribution in [3.63, 3.8) is 0 Å². The molecule has 0 amide bonds. The van der Waals surface area contributed by atoms with Gasteiger partial charge in [0.15, 0.2) is 11.5 Å². The molecular weight excluding hydrogens is 220 g/mol. The maximum absolute atomic E-state index is 6.05. The summed E-state index contributed by atoms with van der Waals surface area (Å²) in [4.78, 5) is 4.03. The van der Waals surface area contributed by atoms with E-state index < -0.39 is 0 Å². The molecule has 0 spiro atoms. The van der Waals surface area contributed by atoms with Crippen molar-refractivity contribution in [2.45, 2.75) is 6.04 Å². The number of nitrogens with zero attached hydrogens (tertiary/aromatic N) is 2. The first-order valence-electron chi connectivity index (χ1n) is 5.09. The summed E-state index contributed by atoms with van der Waals surface area (Å²) in [7, 11) is 3.18. The summed E-state index contributed by atoms with van der Waals surface area (Å²) in [6.07, 6.45) is 1.43. The summed E-state index contributed by atoms with van der Waals surface area (Å²) in [5.41, 5.74) is 6.92. The summed E-state index contributed by atoms with van der Waals surface area (Å²) in [6, 6.07) is 5.14. The second-order valence-corrected chi connectivity index (χ2v) is 3.46. The first-order chi connectivity index (χ1) is 8.26. The average molecular weight is 234 g/mol. The number of aromatic amines is 1. The molecule has 1 atom stereocenters. The van der Waals surface area contributed by atoms with Crippen LogP contribution in [0.15, 0.2) is 24.5 Å². The topological polar surface area (TPSA) is 86.0 Å². The third kappa shape index (κ3) is 2.21. The Balaban J connectivity index is 2.33. The number of nitrogens with one attached hydrogen (secondary N) is 1. The number of methoxy groups -OCH3 is 2. The molecule has 0 aliphatic heterocycles. The Bertz CT molecular complexity index is 484. The molecule has 0 aliphatic carbocycles. The first kappa shape index (κ1) is 11.4. The van der Waals surface area contributed by atoms with E-state index in [2.05, 4.69) is 15.2 Å². The molecule has 6 nitrogen and oxygen atoms in total. The van der Waals surface area contributed by atoms with Gasteiger partial charge in [0, 0.05) is 0 Å². The number of hydrogen-bond donors (Lipinski definition) is 2. The van der Waals surface area contributed by atoms with Crippen molar-refractivity contribution >= 4 is 0 Å². The number of H-pyrrole nitrogens is 1. The minimum absolute atomic E-state index is 0.364. The van der Waals surface area contributed by atoms with Gasteiger partial charge in [0.25, 0.3) is 0 Å². The molecule has 0 saturated carbocycles. The summed E-state index contributed by atoms with van der Waals surface area (Å²) in [6.45, 7) is 0. The number of rotatable bonds is 4. The van der Waals surface area contributed by atoms with Gasteiger partial charge in [-0.3, -0.25) is 5.10 Å². The Kier molecular flexibility index (Phi) is 3.24. The number of ether oxygens (including phenoxy) is 2. The third-order valence-electron chi connectivity index (χ3n) is 2.49. The van der Waals surface area contributed by atoms with E-state index in [1.807, 2.05) is 18.2 Å². The van der Waals surface area contributed by atoms with E-state index in [1.165, 1.54) is 6.33 Å². The minimum Gasteiger partial charge on any atom is -0.493 e. The maximum atomic E-state index is 6.05. The highest BCUT2D eigenvalue weighted by atomic mass is 16.5. The van der Waals surface area contributed by atoms with E-state index >= 15 is 0 Å². The van der Waals surface area contributed by atoms with Gasteiger partial charge < -0.3 is 15.2 Å². The van der Waals surface area contributed by atoms with E-state index in [4.69, 9.17) is 15.2 Å². The zero-order chi connectivity index (χ0) is 12.3. The number of hydrogen-bond acceptors (Lipinski definition) is 5. The van der Waals surface area contributed by atoms with Crippen LogP contribution in [0.25, 0.3) is 0 Å². The van der Waals surface area contributed by atoms with Crippen LogP contribution in [-0.2, 0) is 0 Å². The van der Waals surface area contributed by atoms with Crippen molar-refractivity contribution in [1.82, 2.24) is 15.2 Å². The van der Waals surface area contributed by atoms with Gasteiger partial charge >= 0.3 is 0 Å². The van der Waals surface area contributed by atoms with Crippen LogP contribution < -0.4 is 15.2 Å². The van der Waals surface area contributed by atoms with Crippen LogP contribution in [0.2, 0.25) is 0 Å². The maximum Gasteiger partial charge on any atom is 0.161 e. The first-order valence-corrected chi connectivity index (χ1v) is 5.09. The monoisotopic (exact) mass is 234 g/mol. The van der Waals surface area contributed by atoms with Gasteiger partial charge in [0.05, 0.1) is 20.3 Å². The molecule has 90 valence electrons. The minimum atomic E-state index is -0.364. The predicted octanol–water partition coefficient (Wildman–Crippen LogP) is 0.870. The largest absolute Gasteiger partial charge is 0.493 e. The lowest BCUT2D eigenvalue weighted by Crippen LogP contribution is -2.13. The lowest BCUT2D eigenvalue weighted by molar-refractivity contribution is 0.354. The zero-order valence-electron chi connectivity index (χ0n) is 9.68. The summed E-state index contributed by atoms with van der Waals surface area (Å²) >= 11 is 0. The van der Waals surface area contributed by atoms with E-state index in [0.717, 1.165) is 5.56 Å². The van der Waals surface area contributed by atoms with Crippen LogP contribution in [0.4, 0.5) is 0 Å². The molecule has 1 aromatic heterocycles. The molecule has 0 saturated heterocycles. The molecular formula is C11H14N4O2. The average Bonchev–Trinajstić information content (AvgIpc) is 2.90. The fraction of sp³-hybridized carbons (Fsp3) is 0.273. The fourth-order valence-electron chi connectivity index (χ4n) is 1.57. The van der Waals surface area contributed by atoms with Gasteiger partial charge in [-0.15, -0.1) is 0 Å². The second kappa shape index (κ2) is 4.84. The summed E-state index contributed by atoms with van der Waals surface area (Å²) < 4.78 is 10.4. The van der Waals surface area contributed by atoms with Gasteiger partial charge in [-0.1, -0.05) is 6.07 Å². The van der Waals surface area contributed by atoms with Gasteiger partial charge in [-0.05, 0) is 17.7 Å². The zero-order valence-corrected chi connectivity index (χ0v) is 9.68. The number of nitrogens with two attached hydrogens (primary N) is 1. The van der Waals surface area contributed by atoms with Crippen molar-refractivity contribution < 1.29 is 9.47 Å². The highest BCUT2D eigenvalue weighted by molar-refractivity contribution is 5.44. The standard InChI is InChI=1S/C11H14N4O2/c1-16-8-4-3-7(5-9(8)17-2)10(12)11-13-6-14-15-11/h3-6,10H,12H2,1-2H3,(H,13,14,15). The highest BCUT2D eigenvalue weighted by Crippen LogP contribution is 2.30. The van der Waals surface area contributed by atoms with Crippen molar-refractivity contribution in [3.05, 3.63) is 35.9 Å². The lowest BCUT2D eigenvalue weighted by Gasteiger charge is -2.12. The van der Waals surface area contributed by atoms with Crippen LogP contribution in [0.5, 0.6) is 11.5 Å². The number of aromatic nitrogens is 3. The van der Waals surface area contributed by atoms with E-state index in [-0.39, 0.29) is 6.04 Å². The van der Waals surface area contributed by atoms with E-state index in [9.17, 15) is 0 Å². The molecule has 0 bridgehead atoms. The molecule has 0 radical (unpaired) electrons. The second-order valence-electron chi connectivity index (χ2n) is 3.46. The van der Waals surface area contributed by atoms with Crippen LogP contribution in [0.3, 0.4) is 0 Å². The molecule has 2 aromatic rings. The van der Waals surface area contributed by atoms with Crippen molar-refractivity contribution in [3.8, 4) is 11.5 Å². The molecule has 6 heteroatoms. The molecule has 3 N–H and O–H groups in total. The fourth-order valence-corrected chi connectivity index (χ4v) is 1.57. The Morgan fingerprint density at radius 2 is 2.00 bits per heavy atom. The van der Waals surface area contributed by atoms with Gasteiger partial charge in [0.2, 0.25) is 0 Å². The predicted molar refractivity (Wildman–Crippen MR) is 62.0 cm³/mol. The molecule has 0 aliphatic rings. The number of benzene rings is 1. The Hall–Kier alpha value is -2.08. The smallest absolute Gasteiger partial charge is 0.161 e. The lowest BCUT2D eigenvalue weighted by atomic mass is 10.1. The Morgan fingerprint density at radius 1 is 1.24 bits per heavy atom. The van der Waals surface area contributed by atoms with Crippen molar-refractivity contribution in [2.75, 3.05) is 14.2 Å². The third-order valence-corrected chi connectivity index (χ3v) is 2.49. The van der Waals surface area contributed by atoms with Crippen LogP contribution in [0, 0.1) is 0 Å². The molecule has 1 unspecified atom stereocenters. The van der Waals surface area contributed by atoms with E-state index in [1.54, 1.807) is 14.2 Å². The van der Waals surface area contributed by atoms with Crippen LogP contribution >= 0.6 is 0 Å². The SMILES string of the molecule is COc1ccc(C(N)c2ncn[nH]2)cc1OC. The Labute approximate surface area is 98.8 Å². The van der Waals surface area contributed by atoms with Crippen LogP contribution in [0.1, 0.15) is 17.4 Å². The normalized spacial score (nSPS) is 12.2. The van der Waals surface area contributed by atoms with Crippen molar-refractivity contribution in [2.24, 2.45) is 5.73 Å². The quantitative estimate of drug-likeness (QED) is 0.819. The van der Waals surface area contributed by atoms with Gasteiger partial charge in [0.1, 0.15) is 12.2 Å². The summed E-state index contributed by atoms with van der Waals surface area (Å²) in [5.74, 6) is 1.92. The molecule has 2 rings (SSSR count). The molecule has 1 heterocycles. The molecule has 0 fully saturated rings. The van der Waals surface area contributed by atoms with Crippen molar-refractivity contribution in [1.29, 1.82) is 0 Å². The van der Waals surface area contributed by atoms with Gasteiger partial charge in [-0.2, -0.15) is 5.10 Å². The van der Waals surface area contributed by atoms with Gasteiger partial charge in [-0.25, -0.2) is 4.98 Å². The Morgan fingerprint density at radius 3 is 2.59 bits per heavy atom. The molecule has 1 aromatic carbocycles. The summed E-state index contributed by atoms with van der Waals surface area (Å²) in [5, 5.41) is 6.52. The highest BCUT2D eigenvalue weighted by Gasteiger charge is 2.14. The van der Waals surface area contributed by atoms with E-state index in [0.29, 0.717) is 17.3 Å².